The predicted octanol–water partition coefficient (Wildman–Crippen LogP) is 6.45. The maximum absolute atomic E-state index is 6.55. The van der Waals surface area contributed by atoms with Gasteiger partial charge in [-0.25, -0.2) is 0 Å². The van der Waals surface area contributed by atoms with Gasteiger partial charge in [0.05, 0.1) is 32.5 Å². The summed E-state index contributed by atoms with van der Waals surface area (Å²) in [7, 11) is 0. The van der Waals surface area contributed by atoms with Gasteiger partial charge in [-0.15, -0.1) is 0 Å². The Hall–Kier alpha value is -2.54. The largest absolute Gasteiger partial charge is 0.374 e. The summed E-state index contributed by atoms with van der Waals surface area (Å²) in [6.45, 7) is 1.88. The average molecular weight is 503 g/mol. The van der Waals surface area contributed by atoms with E-state index in [0.717, 1.165) is 29.5 Å². The molecule has 0 N–H and O–H groups in total. The Kier molecular flexibility index (Phi) is 9.76. The lowest BCUT2D eigenvalue weighted by molar-refractivity contribution is -0.210. The zero-order valence-electron chi connectivity index (χ0n) is 21.5. The van der Waals surface area contributed by atoms with Crippen LogP contribution in [0, 0.1) is 0 Å². The van der Waals surface area contributed by atoms with Gasteiger partial charge < -0.3 is 23.7 Å². The van der Waals surface area contributed by atoms with E-state index in [0.29, 0.717) is 26.4 Å². The summed E-state index contributed by atoms with van der Waals surface area (Å²) in [5.41, 5.74) is 3.36. The van der Waals surface area contributed by atoms with Crippen LogP contribution in [0.4, 0.5) is 0 Å². The van der Waals surface area contributed by atoms with E-state index in [-0.39, 0.29) is 24.4 Å². The molecule has 5 rings (SSSR count). The van der Waals surface area contributed by atoms with E-state index < -0.39 is 6.29 Å². The molecule has 4 atom stereocenters. The van der Waals surface area contributed by atoms with Crippen LogP contribution < -0.4 is 0 Å². The summed E-state index contributed by atoms with van der Waals surface area (Å²) in [5.74, 6) is 0. The molecule has 0 radical (unpaired) electrons. The summed E-state index contributed by atoms with van der Waals surface area (Å²) in [4.78, 5) is 0. The molecule has 1 aliphatic carbocycles. The lowest BCUT2D eigenvalue weighted by atomic mass is 9.98. The number of rotatable bonds is 12. The lowest BCUT2D eigenvalue weighted by Gasteiger charge is -2.29. The van der Waals surface area contributed by atoms with Crippen molar-refractivity contribution in [3.05, 3.63) is 108 Å². The summed E-state index contributed by atoms with van der Waals surface area (Å²) in [6, 6.07) is 30.7. The zero-order chi connectivity index (χ0) is 25.1. The first kappa shape index (κ1) is 26.1. The Balaban J connectivity index is 1.30. The zero-order valence-corrected chi connectivity index (χ0v) is 21.5. The van der Waals surface area contributed by atoms with Gasteiger partial charge in [-0.1, -0.05) is 110 Å². The lowest BCUT2D eigenvalue weighted by Crippen LogP contribution is -2.40. The molecule has 0 bridgehead atoms. The molecule has 0 aromatic heterocycles. The van der Waals surface area contributed by atoms with Crippen LogP contribution in [-0.4, -0.2) is 37.3 Å². The molecule has 1 heterocycles. The predicted molar refractivity (Wildman–Crippen MR) is 143 cm³/mol. The minimum atomic E-state index is -0.488. The second kappa shape index (κ2) is 13.8. The van der Waals surface area contributed by atoms with Crippen LogP contribution >= 0.6 is 0 Å². The highest BCUT2D eigenvalue weighted by atomic mass is 16.7. The van der Waals surface area contributed by atoms with E-state index in [1.165, 1.54) is 19.3 Å². The van der Waals surface area contributed by atoms with Gasteiger partial charge in [0.1, 0.15) is 18.3 Å². The molecule has 3 aromatic rings. The molecular formula is C32H38O5. The second-order valence-corrected chi connectivity index (χ2v) is 9.96. The fraction of sp³-hybridized carbons (Fsp3) is 0.438. The van der Waals surface area contributed by atoms with Gasteiger partial charge in [-0.2, -0.15) is 0 Å². The molecule has 3 aromatic carbocycles. The van der Waals surface area contributed by atoms with Crippen molar-refractivity contribution in [2.24, 2.45) is 0 Å². The van der Waals surface area contributed by atoms with Crippen LogP contribution in [0.1, 0.15) is 48.8 Å². The highest BCUT2D eigenvalue weighted by Gasteiger charge is 2.48. The molecule has 2 aliphatic rings. The van der Waals surface area contributed by atoms with Crippen molar-refractivity contribution in [1.29, 1.82) is 0 Å². The molecule has 1 saturated carbocycles. The Morgan fingerprint density at radius 1 is 0.595 bits per heavy atom. The molecule has 0 amide bonds. The number of benzene rings is 3. The van der Waals surface area contributed by atoms with E-state index in [1.54, 1.807) is 0 Å². The topological polar surface area (TPSA) is 46.2 Å². The van der Waals surface area contributed by atoms with Gasteiger partial charge in [0, 0.05) is 0 Å². The molecule has 2 fully saturated rings. The van der Waals surface area contributed by atoms with Gasteiger partial charge in [0.25, 0.3) is 0 Å². The van der Waals surface area contributed by atoms with Gasteiger partial charge in [-0.3, -0.25) is 0 Å². The molecular weight excluding hydrogens is 464 g/mol. The fourth-order valence-electron chi connectivity index (χ4n) is 5.10. The van der Waals surface area contributed by atoms with E-state index in [1.807, 2.05) is 54.6 Å². The summed E-state index contributed by atoms with van der Waals surface area (Å²) in [6.07, 6.45) is 4.56. The monoisotopic (exact) mass is 502 g/mol. The fourth-order valence-corrected chi connectivity index (χ4v) is 5.10. The van der Waals surface area contributed by atoms with Gasteiger partial charge >= 0.3 is 0 Å². The molecule has 196 valence electrons. The standard InChI is InChI=1S/C32H38O5/c1-5-13-25(14-6-1)21-33-24-29-30(34-22-26-15-7-2-8-16-26)31(35-23-27-17-9-3-10-18-27)32(37-29)36-28-19-11-4-12-20-28/h1-3,5-10,13-18,28-32H,4,11-12,19-24H2/t29-,30-,31+,32-/m1/s1. The third kappa shape index (κ3) is 7.73. The average Bonchev–Trinajstić information content (AvgIpc) is 3.28. The second-order valence-electron chi connectivity index (χ2n) is 9.96. The van der Waals surface area contributed by atoms with Crippen molar-refractivity contribution < 1.29 is 23.7 Å². The first-order valence-corrected chi connectivity index (χ1v) is 13.6. The minimum absolute atomic E-state index is 0.195. The Bertz CT molecular complexity index is 1020. The van der Waals surface area contributed by atoms with Crippen LogP contribution in [0.3, 0.4) is 0 Å². The van der Waals surface area contributed by atoms with Gasteiger partial charge in [-0.05, 0) is 29.5 Å². The third-order valence-corrected chi connectivity index (χ3v) is 7.11. The first-order chi connectivity index (χ1) is 18.3. The summed E-state index contributed by atoms with van der Waals surface area (Å²) < 4.78 is 32.2. The molecule has 5 heteroatoms. The normalized spacial score (nSPS) is 24.3. The first-order valence-electron chi connectivity index (χ1n) is 13.6. The Labute approximate surface area is 220 Å². The van der Waals surface area contributed by atoms with E-state index in [2.05, 4.69) is 36.4 Å². The van der Waals surface area contributed by atoms with E-state index in [4.69, 9.17) is 23.7 Å². The summed E-state index contributed by atoms with van der Waals surface area (Å²) in [5, 5.41) is 0. The van der Waals surface area contributed by atoms with Crippen molar-refractivity contribution in [3.63, 3.8) is 0 Å². The van der Waals surface area contributed by atoms with Gasteiger partial charge in [0.2, 0.25) is 0 Å². The molecule has 0 unspecified atom stereocenters. The Morgan fingerprint density at radius 2 is 1.11 bits per heavy atom. The smallest absolute Gasteiger partial charge is 0.187 e. The van der Waals surface area contributed by atoms with E-state index >= 15 is 0 Å². The SMILES string of the molecule is c1ccc(COC[C@H]2O[C@@H](OC3CCCCC3)[C@@H](OCc3ccccc3)[C@@H]2OCc2ccccc2)cc1. The molecule has 1 aliphatic heterocycles. The van der Waals surface area contributed by atoms with Crippen LogP contribution in [0.15, 0.2) is 91.0 Å². The molecule has 1 saturated heterocycles. The van der Waals surface area contributed by atoms with Crippen molar-refractivity contribution in [3.8, 4) is 0 Å². The van der Waals surface area contributed by atoms with Crippen molar-refractivity contribution >= 4 is 0 Å². The van der Waals surface area contributed by atoms with Crippen LogP contribution in [0.25, 0.3) is 0 Å². The van der Waals surface area contributed by atoms with Crippen molar-refractivity contribution in [2.75, 3.05) is 6.61 Å². The third-order valence-electron chi connectivity index (χ3n) is 7.11. The van der Waals surface area contributed by atoms with Crippen LogP contribution in [-0.2, 0) is 43.5 Å². The van der Waals surface area contributed by atoms with Crippen LogP contribution in [0.2, 0.25) is 0 Å². The van der Waals surface area contributed by atoms with Crippen LogP contribution in [0.5, 0.6) is 0 Å². The minimum Gasteiger partial charge on any atom is -0.374 e. The summed E-state index contributed by atoms with van der Waals surface area (Å²) >= 11 is 0. The van der Waals surface area contributed by atoms with Crippen molar-refractivity contribution in [1.82, 2.24) is 0 Å². The highest BCUT2D eigenvalue weighted by molar-refractivity contribution is 5.15. The maximum atomic E-state index is 6.55. The number of hydrogen-bond acceptors (Lipinski definition) is 5. The quantitative estimate of drug-likeness (QED) is 0.285. The Morgan fingerprint density at radius 3 is 1.68 bits per heavy atom. The number of ether oxygens (including phenoxy) is 5. The number of hydrogen-bond donors (Lipinski definition) is 0. The highest BCUT2D eigenvalue weighted by Crippen LogP contribution is 2.33. The van der Waals surface area contributed by atoms with Crippen molar-refractivity contribution in [2.45, 2.75) is 82.6 Å². The molecule has 37 heavy (non-hydrogen) atoms. The van der Waals surface area contributed by atoms with Gasteiger partial charge in [0.15, 0.2) is 6.29 Å². The molecule has 5 nitrogen and oxygen atoms in total. The molecule has 0 spiro atoms. The maximum Gasteiger partial charge on any atom is 0.187 e. The van der Waals surface area contributed by atoms with E-state index in [9.17, 15) is 0 Å².